The Morgan fingerprint density at radius 1 is 1.37 bits per heavy atom. The Bertz CT molecular complexity index is 411. The molecule has 1 heterocycles. The third-order valence-corrected chi connectivity index (χ3v) is 3.51. The van der Waals surface area contributed by atoms with E-state index in [1.807, 2.05) is 13.1 Å². The molecule has 0 aromatic heterocycles. The maximum Gasteiger partial charge on any atom is 0.250 e. The zero-order valence-corrected chi connectivity index (χ0v) is 11.0. The molecular formula is C14H19F3N2. The van der Waals surface area contributed by atoms with Crippen molar-refractivity contribution in [2.45, 2.75) is 24.8 Å². The van der Waals surface area contributed by atoms with E-state index in [0.717, 1.165) is 25.1 Å². The summed E-state index contributed by atoms with van der Waals surface area (Å²) < 4.78 is 37.7. The number of piperidine rings is 1. The van der Waals surface area contributed by atoms with Gasteiger partial charge in [0.25, 0.3) is 6.43 Å². The average molecular weight is 272 g/mol. The summed E-state index contributed by atoms with van der Waals surface area (Å²) in [6.07, 6.45) is -1.57. The molecule has 0 spiro atoms. The van der Waals surface area contributed by atoms with Gasteiger partial charge in [0, 0.05) is 19.1 Å². The Hall–Kier alpha value is -1.07. The summed E-state index contributed by atoms with van der Waals surface area (Å²) in [6.45, 7) is 1.29. The van der Waals surface area contributed by atoms with E-state index in [-0.39, 0.29) is 24.3 Å². The van der Waals surface area contributed by atoms with E-state index in [2.05, 4.69) is 10.2 Å². The van der Waals surface area contributed by atoms with Gasteiger partial charge in [0.1, 0.15) is 5.82 Å². The Labute approximate surface area is 111 Å². The van der Waals surface area contributed by atoms with Crippen LogP contribution < -0.4 is 5.32 Å². The number of halogens is 3. The van der Waals surface area contributed by atoms with Gasteiger partial charge in [-0.1, -0.05) is 12.1 Å². The van der Waals surface area contributed by atoms with Gasteiger partial charge in [-0.25, -0.2) is 13.2 Å². The van der Waals surface area contributed by atoms with Crippen LogP contribution in [0.25, 0.3) is 0 Å². The monoisotopic (exact) mass is 272 g/mol. The normalized spacial score (nSPS) is 24.9. The molecule has 5 heteroatoms. The van der Waals surface area contributed by atoms with Crippen molar-refractivity contribution < 1.29 is 13.2 Å². The van der Waals surface area contributed by atoms with Gasteiger partial charge in [0.2, 0.25) is 0 Å². The molecule has 2 atom stereocenters. The minimum absolute atomic E-state index is 0.0287. The van der Waals surface area contributed by atoms with Crippen molar-refractivity contribution >= 4 is 0 Å². The van der Waals surface area contributed by atoms with Gasteiger partial charge in [0.05, 0.1) is 6.54 Å². The number of rotatable bonds is 4. The predicted octanol–water partition coefficient (Wildman–Crippen LogP) is 2.47. The molecule has 2 rings (SSSR count). The van der Waals surface area contributed by atoms with Crippen LogP contribution >= 0.6 is 0 Å². The first-order chi connectivity index (χ1) is 9.04. The highest BCUT2D eigenvalue weighted by molar-refractivity contribution is 5.22. The van der Waals surface area contributed by atoms with E-state index in [0.29, 0.717) is 0 Å². The van der Waals surface area contributed by atoms with Crippen LogP contribution in [0.15, 0.2) is 24.3 Å². The van der Waals surface area contributed by atoms with E-state index < -0.39 is 6.43 Å². The number of likely N-dealkylation sites (tertiary alicyclic amines) is 1. The second kappa shape index (κ2) is 6.39. The molecule has 1 saturated heterocycles. The Morgan fingerprint density at radius 2 is 2.16 bits per heavy atom. The average Bonchev–Trinajstić information content (AvgIpc) is 2.36. The van der Waals surface area contributed by atoms with E-state index in [1.54, 1.807) is 6.07 Å². The molecule has 0 bridgehead atoms. The molecule has 0 radical (unpaired) electrons. The van der Waals surface area contributed by atoms with Crippen LogP contribution in [-0.2, 0) is 0 Å². The van der Waals surface area contributed by atoms with Gasteiger partial charge < -0.3 is 10.2 Å². The molecule has 1 N–H and O–H groups in total. The maximum absolute atomic E-state index is 13.2. The highest BCUT2D eigenvalue weighted by atomic mass is 19.3. The fourth-order valence-corrected chi connectivity index (χ4v) is 2.73. The summed E-state index contributed by atoms with van der Waals surface area (Å²) in [5.41, 5.74) is 0.940. The van der Waals surface area contributed by atoms with E-state index >= 15 is 0 Å². The molecule has 1 aromatic carbocycles. The standard InChI is InChI=1S/C14H19F3N2/c1-19-8-11(10-3-2-4-12(15)5-10)6-13(9-19)18-7-14(16)17/h2-5,11,13-14,18H,6-9H2,1H3. The second-order valence-corrected chi connectivity index (χ2v) is 5.21. The van der Waals surface area contributed by atoms with Crippen molar-refractivity contribution in [3.8, 4) is 0 Å². The number of likely N-dealkylation sites (N-methyl/N-ethyl adjacent to an activating group) is 1. The van der Waals surface area contributed by atoms with Crippen molar-refractivity contribution in [2.75, 3.05) is 26.7 Å². The highest BCUT2D eigenvalue weighted by Crippen LogP contribution is 2.26. The van der Waals surface area contributed by atoms with E-state index in [9.17, 15) is 13.2 Å². The number of hydrogen-bond donors (Lipinski definition) is 1. The topological polar surface area (TPSA) is 15.3 Å². The molecular weight excluding hydrogens is 253 g/mol. The number of benzene rings is 1. The SMILES string of the molecule is CN1CC(NCC(F)F)CC(c2cccc(F)c2)C1. The van der Waals surface area contributed by atoms with Gasteiger partial charge in [0.15, 0.2) is 0 Å². The van der Waals surface area contributed by atoms with Crippen LogP contribution in [0, 0.1) is 5.82 Å². The smallest absolute Gasteiger partial charge is 0.250 e. The number of alkyl halides is 2. The molecule has 0 aliphatic carbocycles. The van der Waals surface area contributed by atoms with Gasteiger partial charge in [-0.05, 0) is 37.1 Å². The molecule has 1 fully saturated rings. The Morgan fingerprint density at radius 3 is 2.84 bits per heavy atom. The van der Waals surface area contributed by atoms with Gasteiger partial charge in [-0.2, -0.15) is 0 Å². The quantitative estimate of drug-likeness (QED) is 0.906. The van der Waals surface area contributed by atoms with Crippen molar-refractivity contribution in [1.29, 1.82) is 0 Å². The summed E-state index contributed by atoms with van der Waals surface area (Å²) in [7, 11) is 1.96. The van der Waals surface area contributed by atoms with Gasteiger partial charge >= 0.3 is 0 Å². The first-order valence-corrected chi connectivity index (χ1v) is 6.50. The molecule has 0 amide bonds. The second-order valence-electron chi connectivity index (χ2n) is 5.21. The number of hydrogen-bond acceptors (Lipinski definition) is 2. The van der Waals surface area contributed by atoms with Crippen LogP contribution in [0.2, 0.25) is 0 Å². The summed E-state index contributed by atoms with van der Waals surface area (Å²) in [5.74, 6) is -0.0626. The predicted molar refractivity (Wildman–Crippen MR) is 69.0 cm³/mol. The molecule has 1 aliphatic heterocycles. The summed E-state index contributed by atoms with van der Waals surface area (Å²) in [6, 6.07) is 6.58. The van der Waals surface area contributed by atoms with E-state index in [4.69, 9.17) is 0 Å². The Balaban J connectivity index is 2.01. The lowest BCUT2D eigenvalue weighted by atomic mass is 9.88. The van der Waals surface area contributed by atoms with Crippen LogP contribution in [0.3, 0.4) is 0 Å². The summed E-state index contributed by atoms with van der Waals surface area (Å²) >= 11 is 0. The largest absolute Gasteiger partial charge is 0.307 e. The lowest BCUT2D eigenvalue weighted by Crippen LogP contribution is -2.48. The maximum atomic E-state index is 13.2. The van der Waals surface area contributed by atoms with Crippen molar-refractivity contribution in [1.82, 2.24) is 10.2 Å². The third-order valence-electron chi connectivity index (χ3n) is 3.51. The Kier molecular flexibility index (Phi) is 4.82. The van der Waals surface area contributed by atoms with E-state index in [1.165, 1.54) is 12.1 Å². The van der Waals surface area contributed by atoms with Crippen LogP contribution in [0.5, 0.6) is 0 Å². The number of nitrogens with one attached hydrogen (secondary N) is 1. The molecule has 2 nitrogen and oxygen atoms in total. The minimum atomic E-state index is -2.33. The van der Waals surface area contributed by atoms with Gasteiger partial charge in [-0.15, -0.1) is 0 Å². The van der Waals surface area contributed by atoms with Crippen LogP contribution in [-0.4, -0.2) is 44.0 Å². The number of nitrogens with zero attached hydrogens (tertiary/aromatic N) is 1. The van der Waals surface area contributed by atoms with Gasteiger partial charge in [-0.3, -0.25) is 0 Å². The van der Waals surface area contributed by atoms with Crippen molar-refractivity contribution in [2.24, 2.45) is 0 Å². The van der Waals surface area contributed by atoms with Crippen LogP contribution in [0.4, 0.5) is 13.2 Å². The molecule has 0 saturated carbocycles. The first-order valence-electron chi connectivity index (χ1n) is 6.50. The zero-order chi connectivity index (χ0) is 13.8. The molecule has 1 aliphatic rings. The minimum Gasteiger partial charge on any atom is -0.307 e. The lowest BCUT2D eigenvalue weighted by molar-refractivity contribution is 0.127. The third kappa shape index (κ3) is 4.21. The molecule has 1 aromatic rings. The molecule has 19 heavy (non-hydrogen) atoms. The summed E-state index contributed by atoms with van der Waals surface area (Å²) in [5, 5.41) is 2.88. The molecule has 2 unspecified atom stereocenters. The van der Waals surface area contributed by atoms with Crippen molar-refractivity contribution in [3.63, 3.8) is 0 Å². The zero-order valence-electron chi connectivity index (χ0n) is 11.0. The fraction of sp³-hybridized carbons (Fsp3) is 0.571. The first kappa shape index (κ1) is 14.3. The fourth-order valence-electron chi connectivity index (χ4n) is 2.73. The highest BCUT2D eigenvalue weighted by Gasteiger charge is 2.26. The molecule has 106 valence electrons. The van der Waals surface area contributed by atoms with Crippen LogP contribution in [0.1, 0.15) is 17.9 Å². The lowest BCUT2D eigenvalue weighted by Gasteiger charge is -2.36. The van der Waals surface area contributed by atoms with Crippen molar-refractivity contribution in [3.05, 3.63) is 35.6 Å². The summed E-state index contributed by atoms with van der Waals surface area (Å²) in [4.78, 5) is 2.10.